The smallest absolute Gasteiger partial charge is 0.0199 e. The van der Waals surface area contributed by atoms with Crippen LogP contribution in [-0.2, 0) is 0 Å². The van der Waals surface area contributed by atoms with Crippen LogP contribution in [0.5, 0.6) is 0 Å². The van der Waals surface area contributed by atoms with Gasteiger partial charge in [0, 0.05) is 0 Å². The highest BCUT2D eigenvalue weighted by Gasteiger charge is 2.27. The summed E-state index contributed by atoms with van der Waals surface area (Å²) in [5.41, 5.74) is 0. The molecule has 0 aromatic heterocycles. The van der Waals surface area contributed by atoms with Crippen LogP contribution >= 0.6 is 7.26 Å². The van der Waals surface area contributed by atoms with Crippen LogP contribution in [0.2, 0.25) is 0 Å². The zero-order valence-electron chi connectivity index (χ0n) is 12.0. The normalized spacial score (nSPS) is 10.7. The van der Waals surface area contributed by atoms with E-state index < -0.39 is 7.26 Å². The third-order valence-corrected chi connectivity index (χ3v) is 7.81. The maximum atomic E-state index is 2.41. The van der Waals surface area contributed by atoms with Gasteiger partial charge in [-0.1, -0.05) is 91.0 Å². The Hall–Kier alpha value is -1.43. The maximum absolute atomic E-state index is 2.41. The second-order valence-corrected chi connectivity index (χ2v) is 8.57. The molecule has 3 aromatic carbocycles. The van der Waals surface area contributed by atoms with Crippen molar-refractivity contribution < 1.29 is 17.0 Å². The van der Waals surface area contributed by atoms with Gasteiger partial charge in [-0.15, -0.1) is 0 Å². The number of halogens is 1. The summed E-state index contributed by atoms with van der Waals surface area (Å²) in [6.07, 6.45) is 0. The van der Waals surface area contributed by atoms with Gasteiger partial charge in [0.05, 0.1) is 0 Å². The molecule has 0 atom stereocenters. The van der Waals surface area contributed by atoms with E-state index in [-0.39, 0.29) is 17.0 Å². The Kier molecular flexibility index (Phi) is 5.33. The molecule has 0 unspecified atom stereocenters. The van der Waals surface area contributed by atoms with Crippen LogP contribution in [0.25, 0.3) is 0 Å². The van der Waals surface area contributed by atoms with Crippen LogP contribution in [-0.4, -0.2) is 6.66 Å². The zero-order chi connectivity index (χ0) is 13.8. The summed E-state index contributed by atoms with van der Waals surface area (Å²) in [7, 11) is -1.53. The molecule has 0 amide bonds. The van der Waals surface area contributed by atoms with E-state index in [9.17, 15) is 0 Å². The highest BCUT2D eigenvalue weighted by atomic mass is 79.9. The largest absolute Gasteiger partial charge is 1.00 e. The average Bonchev–Trinajstić information content (AvgIpc) is 2.56. The Balaban J connectivity index is 0.00000161. The SMILES string of the molecule is C[P](c1ccccc1)(c1ccccc1)c1ccccc1.[Br-]. The molecule has 3 aromatic rings. The van der Waals surface area contributed by atoms with E-state index in [2.05, 4.69) is 97.7 Å². The second-order valence-electron chi connectivity index (χ2n) is 5.01. The van der Waals surface area contributed by atoms with Gasteiger partial charge in [-0.25, -0.2) is 0 Å². The fraction of sp³-hybridized carbons (Fsp3) is 0.0526. The summed E-state index contributed by atoms with van der Waals surface area (Å²) in [4.78, 5) is 0. The van der Waals surface area contributed by atoms with Gasteiger partial charge in [0.1, 0.15) is 0 Å². The van der Waals surface area contributed by atoms with E-state index in [1.807, 2.05) is 0 Å². The van der Waals surface area contributed by atoms with Crippen molar-refractivity contribution in [2.75, 3.05) is 6.66 Å². The van der Waals surface area contributed by atoms with Gasteiger partial charge < -0.3 is 17.0 Å². The Morgan fingerprint density at radius 3 is 0.952 bits per heavy atom. The standard InChI is InChI=1S/C19H18P.BrH/c1-20(17-11-5-2-6-12-17,18-13-7-3-8-14-18)19-15-9-4-10-16-19;/h2-16H,1H3;1H/p-1. The van der Waals surface area contributed by atoms with E-state index in [0.29, 0.717) is 0 Å². The van der Waals surface area contributed by atoms with Gasteiger partial charge in [0.25, 0.3) is 0 Å². The molecule has 107 valence electrons. The summed E-state index contributed by atoms with van der Waals surface area (Å²) in [6.45, 7) is 2.41. The van der Waals surface area contributed by atoms with Crippen LogP contribution in [0.1, 0.15) is 0 Å². The molecule has 0 saturated heterocycles. The topological polar surface area (TPSA) is 0 Å². The van der Waals surface area contributed by atoms with Gasteiger partial charge in [-0.3, -0.25) is 0 Å². The van der Waals surface area contributed by atoms with E-state index >= 15 is 0 Å². The number of rotatable bonds is 3. The molecule has 21 heavy (non-hydrogen) atoms. The summed E-state index contributed by atoms with van der Waals surface area (Å²) in [5.74, 6) is 0. The molecule has 0 bridgehead atoms. The molecule has 0 aliphatic carbocycles. The third-order valence-electron chi connectivity index (χ3n) is 3.82. The molecule has 0 nitrogen and oxygen atoms in total. The minimum Gasteiger partial charge on any atom is -1.00 e. The van der Waals surface area contributed by atoms with Crippen molar-refractivity contribution in [2.24, 2.45) is 0 Å². The summed E-state index contributed by atoms with van der Waals surface area (Å²) >= 11 is 0. The van der Waals surface area contributed by atoms with Gasteiger partial charge in [0.2, 0.25) is 0 Å². The lowest BCUT2D eigenvalue weighted by molar-refractivity contribution is -0.00000390. The van der Waals surface area contributed by atoms with Crippen molar-refractivity contribution in [3.05, 3.63) is 91.0 Å². The minimum atomic E-state index is -1.53. The highest BCUT2D eigenvalue weighted by Crippen LogP contribution is 2.51. The average molecular weight is 357 g/mol. The molecule has 3 rings (SSSR count). The monoisotopic (exact) mass is 356 g/mol. The van der Waals surface area contributed by atoms with Gasteiger partial charge >= 0.3 is 0 Å². The fourth-order valence-corrected chi connectivity index (χ4v) is 5.83. The molecule has 0 fully saturated rings. The first kappa shape index (κ1) is 15.9. The van der Waals surface area contributed by atoms with Crippen LogP contribution in [0.15, 0.2) is 91.0 Å². The minimum absolute atomic E-state index is 0. The van der Waals surface area contributed by atoms with Gasteiger partial charge in [-0.2, -0.15) is 0 Å². The second kappa shape index (κ2) is 7.02. The Labute approximate surface area is 138 Å². The molecule has 0 heterocycles. The first-order chi connectivity index (χ1) is 9.82. The highest BCUT2D eigenvalue weighted by molar-refractivity contribution is 7.95. The Morgan fingerprint density at radius 2 is 0.714 bits per heavy atom. The van der Waals surface area contributed by atoms with Crippen LogP contribution in [0, 0.1) is 0 Å². The number of hydrogen-bond donors (Lipinski definition) is 0. The van der Waals surface area contributed by atoms with Crippen LogP contribution < -0.4 is 32.9 Å². The van der Waals surface area contributed by atoms with Gasteiger partial charge in [-0.05, 0) is 29.8 Å². The molecule has 1 radical (unpaired) electrons. The first-order valence-corrected chi connectivity index (χ1v) is 9.09. The van der Waals surface area contributed by atoms with E-state index in [1.165, 1.54) is 15.9 Å². The van der Waals surface area contributed by atoms with Crippen molar-refractivity contribution >= 4 is 23.2 Å². The molecule has 0 saturated carbocycles. The quantitative estimate of drug-likeness (QED) is 0.603. The van der Waals surface area contributed by atoms with Crippen molar-refractivity contribution in [1.29, 1.82) is 0 Å². The molecule has 0 aliphatic heterocycles. The van der Waals surface area contributed by atoms with Crippen molar-refractivity contribution in [3.63, 3.8) is 0 Å². The predicted octanol–water partition coefficient (Wildman–Crippen LogP) is 0.614. The molecular formula is C19H18BrP-. The first-order valence-electron chi connectivity index (χ1n) is 6.85. The summed E-state index contributed by atoms with van der Waals surface area (Å²) < 4.78 is 0. The molecular weight excluding hydrogens is 339 g/mol. The van der Waals surface area contributed by atoms with E-state index in [1.54, 1.807) is 0 Å². The van der Waals surface area contributed by atoms with E-state index in [4.69, 9.17) is 0 Å². The Bertz CT molecular complexity index is 569. The number of benzene rings is 3. The lowest BCUT2D eigenvalue weighted by atomic mass is 10.4. The van der Waals surface area contributed by atoms with Crippen LogP contribution in [0.4, 0.5) is 0 Å². The van der Waals surface area contributed by atoms with Crippen LogP contribution in [0.3, 0.4) is 0 Å². The van der Waals surface area contributed by atoms with Crippen molar-refractivity contribution in [3.8, 4) is 0 Å². The lowest BCUT2D eigenvalue weighted by Gasteiger charge is -2.34. The summed E-state index contributed by atoms with van der Waals surface area (Å²) in [6, 6.07) is 32.6. The Morgan fingerprint density at radius 1 is 0.476 bits per heavy atom. The van der Waals surface area contributed by atoms with E-state index in [0.717, 1.165) is 0 Å². The molecule has 0 spiro atoms. The third kappa shape index (κ3) is 3.10. The molecule has 2 heteroatoms. The van der Waals surface area contributed by atoms with Gasteiger partial charge in [0.15, 0.2) is 0 Å². The van der Waals surface area contributed by atoms with Crippen molar-refractivity contribution in [2.45, 2.75) is 0 Å². The zero-order valence-corrected chi connectivity index (χ0v) is 14.5. The number of hydrogen-bond acceptors (Lipinski definition) is 0. The molecule has 0 aliphatic rings. The van der Waals surface area contributed by atoms with Crippen molar-refractivity contribution in [1.82, 2.24) is 0 Å². The maximum Gasteiger partial charge on any atom is -0.0199 e. The lowest BCUT2D eigenvalue weighted by Crippen LogP contribution is -3.00. The predicted molar refractivity (Wildman–Crippen MR) is 91.1 cm³/mol. The molecule has 0 N–H and O–H groups in total. The fourth-order valence-electron chi connectivity index (χ4n) is 2.63. The summed E-state index contributed by atoms with van der Waals surface area (Å²) in [5, 5.41) is 4.28.